The second-order valence-corrected chi connectivity index (χ2v) is 10.6. The summed E-state index contributed by atoms with van der Waals surface area (Å²) in [4.78, 5) is 15.0. The number of benzene rings is 3. The van der Waals surface area contributed by atoms with E-state index >= 15 is 0 Å². The van der Waals surface area contributed by atoms with Crippen molar-refractivity contribution < 1.29 is 9.00 Å². The van der Waals surface area contributed by atoms with Gasteiger partial charge in [-0.1, -0.05) is 78.4 Å². The van der Waals surface area contributed by atoms with E-state index in [9.17, 15) is 9.00 Å². The Bertz CT molecular complexity index is 1400. The van der Waals surface area contributed by atoms with Gasteiger partial charge < -0.3 is 0 Å². The van der Waals surface area contributed by atoms with E-state index in [-0.39, 0.29) is 23.7 Å². The van der Waals surface area contributed by atoms with Crippen LogP contribution in [0.15, 0.2) is 107 Å². The SMILES string of the molecule is Cc1ccc(S(=O)c2cc3ccccc3n2C(=O)[C@H]2[C@H](c3ccccc3)[C@H]3C=C[C@@H]2C3)cc1. The van der Waals surface area contributed by atoms with Gasteiger partial charge in [-0.25, -0.2) is 4.21 Å². The van der Waals surface area contributed by atoms with Gasteiger partial charge in [0.25, 0.3) is 0 Å². The van der Waals surface area contributed by atoms with Crippen molar-refractivity contribution in [3.8, 4) is 0 Å². The highest BCUT2D eigenvalue weighted by molar-refractivity contribution is 7.85. The Morgan fingerprint density at radius 2 is 1.58 bits per heavy atom. The highest BCUT2D eigenvalue weighted by atomic mass is 32.2. The molecule has 1 fully saturated rings. The molecule has 1 saturated carbocycles. The molecule has 4 heteroatoms. The third kappa shape index (κ3) is 3.32. The first-order chi connectivity index (χ1) is 16.1. The molecule has 1 aromatic heterocycles. The number of allylic oxidation sites excluding steroid dienone is 2. The number of aryl methyl sites for hydroxylation is 1. The summed E-state index contributed by atoms with van der Waals surface area (Å²) in [7, 11) is -1.45. The number of nitrogens with zero attached hydrogens (tertiary/aromatic N) is 1. The lowest BCUT2D eigenvalue weighted by Gasteiger charge is -2.28. The molecule has 3 nitrogen and oxygen atoms in total. The molecule has 2 bridgehead atoms. The molecule has 33 heavy (non-hydrogen) atoms. The maximum absolute atomic E-state index is 14.3. The van der Waals surface area contributed by atoms with Gasteiger partial charge in [0.05, 0.1) is 11.4 Å². The Labute approximate surface area is 196 Å². The Hall–Kier alpha value is -3.24. The molecule has 1 unspecified atom stereocenters. The molecule has 2 aliphatic rings. The van der Waals surface area contributed by atoms with Crippen LogP contribution >= 0.6 is 0 Å². The van der Waals surface area contributed by atoms with Crippen molar-refractivity contribution in [2.75, 3.05) is 0 Å². The van der Waals surface area contributed by atoms with E-state index in [0.717, 1.165) is 22.9 Å². The molecule has 0 aliphatic heterocycles. The van der Waals surface area contributed by atoms with Crippen molar-refractivity contribution in [2.24, 2.45) is 17.8 Å². The second-order valence-electron chi connectivity index (χ2n) is 9.21. The monoisotopic (exact) mass is 451 g/mol. The number of para-hydroxylation sites is 1. The van der Waals surface area contributed by atoms with E-state index in [1.54, 1.807) is 4.57 Å². The smallest absolute Gasteiger partial charge is 0.236 e. The topological polar surface area (TPSA) is 39.1 Å². The minimum Gasteiger partial charge on any atom is -0.274 e. The fourth-order valence-corrected chi connectivity index (χ4v) is 6.93. The lowest BCUT2D eigenvalue weighted by atomic mass is 9.78. The summed E-state index contributed by atoms with van der Waals surface area (Å²) >= 11 is 0. The van der Waals surface area contributed by atoms with E-state index < -0.39 is 10.8 Å². The highest BCUT2D eigenvalue weighted by Gasteiger charge is 2.49. The fourth-order valence-electron chi connectivity index (χ4n) is 5.71. The van der Waals surface area contributed by atoms with Crippen molar-refractivity contribution in [3.05, 3.63) is 108 Å². The summed E-state index contributed by atoms with van der Waals surface area (Å²) in [5.74, 6) is 0.633. The number of carbonyl (C=O) groups is 1. The summed E-state index contributed by atoms with van der Waals surface area (Å²) in [6.45, 7) is 2.01. The molecule has 5 atom stereocenters. The van der Waals surface area contributed by atoms with Crippen LogP contribution in [0.4, 0.5) is 0 Å². The normalized spacial score (nSPS) is 24.4. The third-order valence-corrected chi connectivity index (χ3v) is 8.63. The molecule has 0 spiro atoms. The summed E-state index contributed by atoms with van der Waals surface area (Å²) in [5.41, 5.74) is 3.16. The van der Waals surface area contributed by atoms with Crippen LogP contribution in [0.5, 0.6) is 0 Å². The first kappa shape index (κ1) is 20.4. The summed E-state index contributed by atoms with van der Waals surface area (Å²) in [6.07, 6.45) is 5.51. The zero-order valence-corrected chi connectivity index (χ0v) is 19.2. The van der Waals surface area contributed by atoms with E-state index in [0.29, 0.717) is 15.8 Å². The number of aromatic nitrogens is 1. The Morgan fingerprint density at radius 3 is 2.36 bits per heavy atom. The fraction of sp³-hybridized carbons (Fsp3) is 0.207. The average molecular weight is 452 g/mol. The van der Waals surface area contributed by atoms with Gasteiger partial charge >= 0.3 is 0 Å². The Kier molecular flexibility index (Phi) is 4.92. The first-order valence-electron chi connectivity index (χ1n) is 11.5. The number of hydrogen-bond acceptors (Lipinski definition) is 2. The number of fused-ring (bicyclic) bond motifs is 3. The van der Waals surface area contributed by atoms with Crippen LogP contribution in [-0.2, 0) is 10.8 Å². The standard InChI is InChI=1S/C29H25NO2S/c1-19-11-15-24(16-12-19)33(32)26-18-21-9-5-6-10-25(21)30(26)29(31)28-23-14-13-22(17-23)27(28)20-7-3-2-4-8-20/h2-16,18,22-23,27-28H,17H2,1H3/t22-,23+,27+,28+,33?/m0/s1. The number of rotatable bonds is 4. The lowest BCUT2D eigenvalue weighted by molar-refractivity contribution is 0.0794. The van der Waals surface area contributed by atoms with Crippen LogP contribution in [0.1, 0.15) is 28.3 Å². The summed E-state index contributed by atoms with van der Waals surface area (Å²) in [5, 5.41) is 1.50. The van der Waals surface area contributed by atoms with E-state index in [1.165, 1.54) is 5.56 Å². The van der Waals surface area contributed by atoms with Gasteiger partial charge in [-0.3, -0.25) is 9.36 Å². The molecular weight excluding hydrogens is 426 g/mol. The number of hydrogen-bond donors (Lipinski definition) is 0. The highest BCUT2D eigenvalue weighted by Crippen LogP contribution is 2.53. The van der Waals surface area contributed by atoms with E-state index in [4.69, 9.17) is 0 Å². The van der Waals surface area contributed by atoms with Crippen LogP contribution in [0.3, 0.4) is 0 Å². The van der Waals surface area contributed by atoms with E-state index in [2.05, 4.69) is 36.4 Å². The molecule has 0 amide bonds. The minimum absolute atomic E-state index is 0.0531. The molecule has 0 N–H and O–H groups in total. The molecule has 3 aromatic carbocycles. The zero-order chi connectivity index (χ0) is 22.5. The molecule has 1 heterocycles. The molecule has 0 radical (unpaired) electrons. The minimum atomic E-state index is -1.45. The third-order valence-electron chi connectivity index (χ3n) is 7.25. The van der Waals surface area contributed by atoms with Gasteiger partial charge in [-0.15, -0.1) is 0 Å². The van der Waals surface area contributed by atoms with Crippen molar-refractivity contribution >= 4 is 27.6 Å². The van der Waals surface area contributed by atoms with Crippen molar-refractivity contribution in [2.45, 2.75) is 29.2 Å². The van der Waals surface area contributed by atoms with Gasteiger partial charge in [-0.2, -0.15) is 0 Å². The molecule has 4 aromatic rings. The molecule has 2 aliphatic carbocycles. The Morgan fingerprint density at radius 1 is 0.879 bits per heavy atom. The van der Waals surface area contributed by atoms with Gasteiger partial charge in [0.15, 0.2) is 0 Å². The van der Waals surface area contributed by atoms with Gasteiger partial charge in [0.2, 0.25) is 5.91 Å². The predicted molar refractivity (Wildman–Crippen MR) is 132 cm³/mol. The molecular formula is C29H25NO2S. The molecule has 6 rings (SSSR count). The first-order valence-corrected chi connectivity index (χ1v) is 12.6. The van der Waals surface area contributed by atoms with Crippen molar-refractivity contribution in [3.63, 3.8) is 0 Å². The lowest BCUT2D eigenvalue weighted by Crippen LogP contribution is -2.31. The van der Waals surface area contributed by atoms with Crippen molar-refractivity contribution in [1.82, 2.24) is 4.57 Å². The molecule has 164 valence electrons. The van der Waals surface area contributed by atoms with Crippen LogP contribution in [-0.4, -0.2) is 14.7 Å². The van der Waals surface area contributed by atoms with Crippen LogP contribution < -0.4 is 0 Å². The average Bonchev–Trinajstić information content (AvgIpc) is 3.57. The van der Waals surface area contributed by atoms with Crippen LogP contribution in [0.25, 0.3) is 10.9 Å². The summed E-state index contributed by atoms with van der Waals surface area (Å²) in [6, 6.07) is 27.9. The predicted octanol–water partition coefficient (Wildman–Crippen LogP) is 6.36. The zero-order valence-electron chi connectivity index (χ0n) is 18.4. The maximum atomic E-state index is 14.3. The van der Waals surface area contributed by atoms with Crippen LogP contribution in [0, 0.1) is 24.7 Å². The van der Waals surface area contributed by atoms with Crippen molar-refractivity contribution in [1.29, 1.82) is 0 Å². The quantitative estimate of drug-likeness (QED) is 0.339. The largest absolute Gasteiger partial charge is 0.274 e. The van der Waals surface area contributed by atoms with Crippen LogP contribution in [0.2, 0.25) is 0 Å². The van der Waals surface area contributed by atoms with Gasteiger partial charge in [0.1, 0.15) is 15.8 Å². The maximum Gasteiger partial charge on any atom is 0.236 e. The molecule has 0 saturated heterocycles. The number of carbonyl (C=O) groups excluding carboxylic acids is 1. The van der Waals surface area contributed by atoms with Gasteiger partial charge in [-0.05, 0) is 55.0 Å². The summed E-state index contributed by atoms with van der Waals surface area (Å²) < 4.78 is 15.5. The Balaban J connectivity index is 1.49. The van der Waals surface area contributed by atoms with E-state index in [1.807, 2.05) is 67.6 Å². The second kappa shape index (κ2) is 7.96. The van der Waals surface area contributed by atoms with Gasteiger partial charge in [0, 0.05) is 16.2 Å².